The van der Waals surface area contributed by atoms with E-state index in [1.54, 1.807) is 4.90 Å². The number of piperidine rings is 1. The highest BCUT2D eigenvalue weighted by Crippen LogP contribution is 2.37. The van der Waals surface area contributed by atoms with Crippen LogP contribution < -0.4 is 10.6 Å². The second kappa shape index (κ2) is 10.0. The van der Waals surface area contributed by atoms with E-state index in [0.29, 0.717) is 32.5 Å². The summed E-state index contributed by atoms with van der Waals surface area (Å²) in [6.45, 7) is 6.13. The van der Waals surface area contributed by atoms with Crippen molar-refractivity contribution in [3.63, 3.8) is 0 Å². The molecule has 4 amide bonds. The summed E-state index contributed by atoms with van der Waals surface area (Å²) in [4.78, 5) is 50.0. The Morgan fingerprint density at radius 2 is 1.72 bits per heavy atom. The van der Waals surface area contributed by atoms with E-state index in [4.69, 9.17) is 4.74 Å². The largest absolute Gasteiger partial charge is 0.455 e. The number of ether oxygens (including phenoxy) is 1. The van der Waals surface area contributed by atoms with E-state index >= 15 is 0 Å². The van der Waals surface area contributed by atoms with Crippen molar-refractivity contribution in [1.29, 1.82) is 0 Å². The predicted octanol–water partition coefficient (Wildman–Crippen LogP) is 1.59. The zero-order valence-electron chi connectivity index (χ0n) is 17.2. The van der Waals surface area contributed by atoms with Gasteiger partial charge in [-0.1, -0.05) is 44.2 Å². The minimum atomic E-state index is -0.923. The average Bonchev–Trinajstić information content (AvgIpc) is 2.71. The molecule has 0 atom stereocenters. The molecule has 0 saturated carbocycles. The van der Waals surface area contributed by atoms with Gasteiger partial charge in [-0.05, 0) is 24.3 Å². The van der Waals surface area contributed by atoms with E-state index in [1.807, 2.05) is 44.2 Å². The van der Waals surface area contributed by atoms with Crippen LogP contribution in [0.3, 0.4) is 0 Å². The summed E-state index contributed by atoms with van der Waals surface area (Å²) in [6, 6.07) is 8.62. The molecule has 1 heterocycles. The van der Waals surface area contributed by atoms with E-state index in [1.165, 1.54) is 6.92 Å². The molecule has 2 N–H and O–H groups in total. The maximum Gasteiger partial charge on any atom is 0.321 e. The third kappa shape index (κ3) is 6.04. The van der Waals surface area contributed by atoms with Crippen LogP contribution in [0, 0.1) is 5.92 Å². The standard InChI is InChI=1S/C21H29N3O5/c1-15(2)13-22-20(28)23-18(26)14-29-19(27)21(17-7-5-4-6-8-17)9-11-24(12-10-21)16(3)25/h4-8,15H,9-14H2,1-3H3,(H2,22,23,26,28). The van der Waals surface area contributed by atoms with Gasteiger partial charge < -0.3 is 15.0 Å². The van der Waals surface area contributed by atoms with Crippen LogP contribution in [0.1, 0.15) is 39.2 Å². The van der Waals surface area contributed by atoms with E-state index < -0.39 is 29.9 Å². The van der Waals surface area contributed by atoms with Gasteiger partial charge in [-0.2, -0.15) is 0 Å². The van der Waals surface area contributed by atoms with E-state index in [0.717, 1.165) is 5.56 Å². The normalized spacial score (nSPS) is 15.5. The van der Waals surface area contributed by atoms with Gasteiger partial charge in [0.2, 0.25) is 5.91 Å². The summed E-state index contributed by atoms with van der Waals surface area (Å²) in [5, 5.41) is 4.71. The monoisotopic (exact) mass is 403 g/mol. The fourth-order valence-corrected chi connectivity index (χ4v) is 3.34. The van der Waals surface area contributed by atoms with Crippen molar-refractivity contribution in [3.05, 3.63) is 35.9 Å². The van der Waals surface area contributed by atoms with Crippen LogP contribution in [0.2, 0.25) is 0 Å². The summed E-state index contributed by atoms with van der Waals surface area (Å²) in [7, 11) is 0. The smallest absolute Gasteiger partial charge is 0.321 e. The average molecular weight is 403 g/mol. The molecule has 1 aromatic carbocycles. The lowest BCUT2D eigenvalue weighted by atomic mass is 9.72. The van der Waals surface area contributed by atoms with Gasteiger partial charge in [-0.25, -0.2) is 4.79 Å². The molecular weight excluding hydrogens is 374 g/mol. The van der Waals surface area contributed by atoms with E-state index in [9.17, 15) is 19.2 Å². The van der Waals surface area contributed by atoms with Crippen molar-refractivity contribution in [2.45, 2.75) is 39.0 Å². The highest BCUT2D eigenvalue weighted by Gasteiger charge is 2.44. The molecule has 1 fully saturated rings. The van der Waals surface area contributed by atoms with E-state index in [-0.39, 0.29) is 11.8 Å². The topological polar surface area (TPSA) is 105 Å². The number of esters is 1. The van der Waals surface area contributed by atoms with Crippen molar-refractivity contribution in [2.75, 3.05) is 26.2 Å². The van der Waals surface area contributed by atoms with Gasteiger partial charge in [-0.15, -0.1) is 0 Å². The van der Waals surface area contributed by atoms with Crippen LogP contribution in [0.5, 0.6) is 0 Å². The van der Waals surface area contributed by atoms with Gasteiger partial charge in [0.25, 0.3) is 5.91 Å². The lowest BCUT2D eigenvalue weighted by Crippen LogP contribution is -2.50. The minimum Gasteiger partial charge on any atom is -0.455 e. The maximum absolute atomic E-state index is 13.0. The second-order valence-corrected chi connectivity index (χ2v) is 7.68. The molecule has 1 aromatic rings. The minimum absolute atomic E-state index is 0.0354. The Morgan fingerprint density at radius 1 is 1.10 bits per heavy atom. The molecule has 0 aliphatic carbocycles. The predicted molar refractivity (Wildman–Crippen MR) is 107 cm³/mol. The molecular formula is C21H29N3O5. The first-order chi connectivity index (χ1) is 13.7. The summed E-state index contributed by atoms with van der Waals surface area (Å²) >= 11 is 0. The third-order valence-corrected chi connectivity index (χ3v) is 5.04. The molecule has 29 heavy (non-hydrogen) atoms. The van der Waals surface area contributed by atoms with Gasteiger partial charge in [0.1, 0.15) is 0 Å². The molecule has 0 bridgehead atoms. The first-order valence-corrected chi connectivity index (χ1v) is 9.80. The van der Waals surface area contributed by atoms with Crippen molar-refractivity contribution < 1.29 is 23.9 Å². The first-order valence-electron chi connectivity index (χ1n) is 9.80. The number of hydrogen-bond acceptors (Lipinski definition) is 5. The lowest BCUT2D eigenvalue weighted by molar-refractivity contribution is -0.157. The molecule has 8 heteroatoms. The van der Waals surface area contributed by atoms with E-state index in [2.05, 4.69) is 10.6 Å². The molecule has 0 spiro atoms. The quantitative estimate of drug-likeness (QED) is 0.702. The molecule has 0 unspecified atom stereocenters. The Labute approximate surface area is 171 Å². The summed E-state index contributed by atoms with van der Waals surface area (Å²) in [5.74, 6) is -0.999. The van der Waals surface area contributed by atoms with Crippen LogP contribution in [0.4, 0.5) is 4.79 Å². The Hall–Kier alpha value is -2.90. The Kier molecular flexibility index (Phi) is 7.75. The van der Waals surface area contributed by atoms with Crippen LogP contribution in [0.25, 0.3) is 0 Å². The number of likely N-dealkylation sites (tertiary alicyclic amines) is 1. The number of hydrogen-bond donors (Lipinski definition) is 2. The molecule has 2 rings (SSSR count). The number of carbonyl (C=O) groups is 4. The Morgan fingerprint density at radius 3 is 2.28 bits per heavy atom. The van der Waals surface area contributed by atoms with Gasteiger partial charge in [-0.3, -0.25) is 19.7 Å². The summed E-state index contributed by atoms with van der Waals surface area (Å²) in [5.41, 5.74) is -0.129. The number of carbonyl (C=O) groups excluding carboxylic acids is 4. The highest BCUT2D eigenvalue weighted by atomic mass is 16.5. The molecule has 158 valence electrons. The van der Waals surface area contributed by atoms with Crippen molar-refractivity contribution >= 4 is 23.8 Å². The summed E-state index contributed by atoms with van der Waals surface area (Å²) < 4.78 is 5.29. The highest BCUT2D eigenvalue weighted by molar-refractivity contribution is 5.96. The fourth-order valence-electron chi connectivity index (χ4n) is 3.34. The Bertz CT molecular complexity index is 740. The maximum atomic E-state index is 13.0. The number of amides is 4. The molecule has 0 radical (unpaired) electrons. The van der Waals surface area contributed by atoms with Gasteiger partial charge >= 0.3 is 12.0 Å². The molecule has 1 aliphatic rings. The van der Waals surface area contributed by atoms with Crippen molar-refractivity contribution in [3.8, 4) is 0 Å². The van der Waals surface area contributed by atoms with Gasteiger partial charge in [0.05, 0.1) is 5.41 Å². The zero-order valence-corrected chi connectivity index (χ0v) is 17.2. The van der Waals surface area contributed by atoms with Crippen molar-refractivity contribution in [1.82, 2.24) is 15.5 Å². The third-order valence-electron chi connectivity index (χ3n) is 5.04. The number of imide groups is 1. The molecule has 1 aliphatic heterocycles. The Balaban J connectivity index is 2.01. The second-order valence-electron chi connectivity index (χ2n) is 7.68. The van der Waals surface area contributed by atoms with Crippen LogP contribution in [-0.2, 0) is 24.5 Å². The van der Waals surface area contributed by atoms with Gasteiger partial charge in [0.15, 0.2) is 6.61 Å². The number of nitrogens with zero attached hydrogens (tertiary/aromatic N) is 1. The molecule has 1 saturated heterocycles. The fraction of sp³-hybridized carbons (Fsp3) is 0.524. The van der Waals surface area contributed by atoms with Crippen LogP contribution >= 0.6 is 0 Å². The SMILES string of the molecule is CC(=O)N1CCC(C(=O)OCC(=O)NC(=O)NCC(C)C)(c2ccccc2)CC1. The number of nitrogens with one attached hydrogen (secondary N) is 2. The van der Waals surface area contributed by atoms with Crippen LogP contribution in [0.15, 0.2) is 30.3 Å². The van der Waals surface area contributed by atoms with Crippen molar-refractivity contribution in [2.24, 2.45) is 5.92 Å². The van der Waals surface area contributed by atoms with Crippen LogP contribution in [-0.4, -0.2) is 55.0 Å². The number of benzene rings is 1. The van der Waals surface area contributed by atoms with Gasteiger partial charge in [0, 0.05) is 26.6 Å². The molecule has 8 nitrogen and oxygen atoms in total. The summed E-state index contributed by atoms with van der Waals surface area (Å²) in [6.07, 6.45) is 0.817. The molecule has 0 aromatic heterocycles. The lowest BCUT2D eigenvalue weighted by Gasteiger charge is -2.40. The zero-order chi connectivity index (χ0) is 21.4. The first kappa shape index (κ1) is 22.4. The number of rotatable bonds is 6. The number of urea groups is 1.